The first kappa shape index (κ1) is 18.2. The molecular weight excluding hydrogens is 366 g/mol. The second-order valence-electron chi connectivity index (χ2n) is 6.86. The number of fused-ring (bicyclic) bond motifs is 1. The Morgan fingerprint density at radius 3 is 2.39 bits per heavy atom. The Morgan fingerprint density at radius 2 is 1.68 bits per heavy atom. The molecule has 4 nitrogen and oxygen atoms in total. The van der Waals surface area contributed by atoms with Crippen molar-refractivity contribution in [3.63, 3.8) is 0 Å². The van der Waals surface area contributed by atoms with Crippen LogP contribution in [0.15, 0.2) is 84.0 Å². The third-order valence-corrected chi connectivity index (χ3v) is 5.24. The van der Waals surface area contributed by atoms with E-state index in [0.29, 0.717) is 10.7 Å². The highest BCUT2D eigenvalue weighted by Crippen LogP contribution is 2.20. The molecule has 0 spiro atoms. The third kappa shape index (κ3) is 3.25. The maximum absolute atomic E-state index is 13.2. The number of aryl methyl sites for hydroxylation is 1. The molecule has 0 saturated carbocycles. The maximum atomic E-state index is 13.2. The highest BCUT2D eigenvalue weighted by molar-refractivity contribution is 7.58. The van der Waals surface area contributed by atoms with Gasteiger partial charge in [-0.25, -0.2) is 4.57 Å². The van der Waals surface area contributed by atoms with Gasteiger partial charge in [0.05, 0.1) is 12.2 Å². The topological polar surface area (TPSA) is 38.1 Å². The number of imidazole rings is 1. The van der Waals surface area contributed by atoms with Crippen molar-refractivity contribution in [2.24, 2.45) is 0 Å². The lowest BCUT2D eigenvalue weighted by molar-refractivity contribution is -0.514. The summed E-state index contributed by atoms with van der Waals surface area (Å²) < 4.78 is 3.80. The summed E-state index contributed by atoms with van der Waals surface area (Å²) in [5.41, 5.74) is 4.49. The van der Waals surface area contributed by atoms with Gasteiger partial charge in [-0.2, -0.15) is 4.40 Å². The molecule has 28 heavy (non-hydrogen) atoms. The van der Waals surface area contributed by atoms with Crippen molar-refractivity contribution in [2.45, 2.75) is 24.9 Å². The number of carbonyl (C=O) groups excluding carboxylic acids is 1. The summed E-state index contributed by atoms with van der Waals surface area (Å²) in [6, 6.07) is 23.7. The van der Waals surface area contributed by atoms with Crippen LogP contribution < -0.4 is 9.72 Å². The molecule has 4 aromatic rings. The number of rotatable bonds is 4. The van der Waals surface area contributed by atoms with Crippen molar-refractivity contribution in [1.82, 2.24) is 9.88 Å². The first-order chi connectivity index (χ1) is 13.6. The molecule has 0 bridgehead atoms. The van der Waals surface area contributed by atoms with Crippen molar-refractivity contribution >= 4 is 24.2 Å². The monoisotopic (exact) mass is 387 g/mol. The smallest absolute Gasteiger partial charge is 0.294 e. The van der Waals surface area contributed by atoms with Crippen LogP contribution in [0.2, 0.25) is 0 Å². The SMILES string of the molecule is Cc1ccc(-n2c([S-])c(C(=O)NC(C)c3ccccc3)[n+]3ccccc23)cc1. The van der Waals surface area contributed by atoms with Gasteiger partial charge in [0, 0.05) is 11.1 Å². The Morgan fingerprint density at radius 1 is 1.00 bits per heavy atom. The van der Waals surface area contributed by atoms with Crippen LogP contribution in [-0.4, -0.2) is 10.5 Å². The zero-order valence-electron chi connectivity index (χ0n) is 15.8. The number of amides is 1. The Kier molecular flexibility index (Phi) is 4.84. The van der Waals surface area contributed by atoms with E-state index in [1.165, 1.54) is 5.56 Å². The van der Waals surface area contributed by atoms with Crippen molar-refractivity contribution in [3.05, 3.63) is 95.8 Å². The summed E-state index contributed by atoms with van der Waals surface area (Å²) in [4.78, 5) is 13.2. The lowest BCUT2D eigenvalue weighted by atomic mass is 10.1. The quantitative estimate of drug-likeness (QED) is 0.426. The number of nitrogens with zero attached hydrogens (tertiary/aromatic N) is 2. The van der Waals surface area contributed by atoms with E-state index in [-0.39, 0.29) is 11.9 Å². The number of hydrogen-bond acceptors (Lipinski definition) is 2. The fourth-order valence-electron chi connectivity index (χ4n) is 3.36. The van der Waals surface area contributed by atoms with Crippen molar-refractivity contribution < 1.29 is 9.20 Å². The van der Waals surface area contributed by atoms with Gasteiger partial charge in [0.15, 0.2) is 0 Å². The summed E-state index contributed by atoms with van der Waals surface area (Å²) in [5, 5.41) is 3.57. The minimum atomic E-state index is -0.187. The molecule has 0 saturated heterocycles. The molecule has 0 radical (unpaired) electrons. The Hall–Kier alpha value is -3.18. The molecule has 1 unspecified atom stereocenters. The van der Waals surface area contributed by atoms with Gasteiger partial charge in [-0.3, -0.25) is 4.79 Å². The van der Waals surface area contributed by atoms with Crippen LogP contribution in [-0.2, 0) is 12.6 Å². The predicted molar refractivity (Wildman–Crippen MR) is 112 cm³/mol. The highest BCUT2D eigenvalue weighted by atomic mass is 32.1. The molecule has 5 heteroatoms. The maximum Gasteiger partial charge on any atom is 0.294 e. The van der Waals surface area contributed by atoms with Gasteiger partial charge in [0.25, 0.3) is 11.6 Å². The number of nitrogens with one attached hydrogen (secondary N) is 1. The molecular formula is C23H21N3OS. The molecule has 2 aromatic heterocycles. The Balaban J connectivity index is 1.78. The number of aromatic nitrogens is 2. The molecule has 0 aliphatic heterocycles. The molecule has 0 fully saturated rings. The van der Waals surface area contributed by atoms with Crippen LogP contribution in [0.25, 0.3) is 11.3 Å². The minimum Gasteiger partial charge on any atom is -0.732 e. The minimum absolute atomic E-state index is 0.120. The van der Waals surface area contributed by atoms with Crippen LogP contribution >= 0.6 is 0 Å². The second kappa shape index (κ2) is 7.44. The molecule has 1 N–H and O–H groups in total. The first-order valence-corrected chi connectivity index (χ1v) is 9.62. The molecule has 1 atom stereocenters. The van der Waals surface area contributed by atoms with Gasteiger partial charge in [-0.05, 0) is 37.6 Å². The molecule has 2 heterocycles. The van der Waals surface area contributed by atoms with Crippen LogP contribution in [0.4, 0.5) is 0 Å². The van der Waals surface area contributed by atoms with Gasteiger partial charge in [0.2, 0.25) is 5.69 Å². The normalized spacial score (nSPS) is 12.1. The van der Waals surface area contributed by atoms with Crippen molar-refractivity contribution in [1.29, 1.82) is 0 Å². The third-order valence-electron chi connectivity index (χ3n) is 4.87. The number of benzene rings is 2. The summed E-state index contributed by atoms with van der Waals surface area (Å²) >= 11 is 5.73. The highest BCUT2D eigenvalue weighted by Gasteiger charge is 2.26. The largest absolute Gasteiger partial charge is 0.732 e. The molecule has 0 aliphatic rings. The van der Waals surface area contributed by atoms with Crippen LogP contribution in [0.3, 0.4) is 0 Å². The van der Waals surface area contributed by atoms with Crippen LogP contribution in [0, 0.1) is 6.92 Å². The zero-order chi connectivity index (χ0) is 19.7. The lowest BCUT2D eigenvalue weighted by Gasteiger charge is -2.14. The fraction of sp³-hybridized carbons (Fsp3) is 0.130. The van der Waals surface area contributed by atoms with E-state index >= 15 is 0 Å². The van der Waals surface area contributed by atoms with E-state index in [1.807, 2.05) is 102 Å². The molecule has 2 aromatic carbocycles. The van der Waals surface area contributed by atoms with Gasteiger partial charge >= 0.3 is 0 Å². The zero-order valence-corrected chi connectivity index (χ0v) is 16.6. The van der Waals surface area contributed by atoms with E-state index in [2.05, 4.69) is 5.32 Å². The first-order valence-electron chi connectivity index (χ1n) is 9.21. The van der Waals surface area contributed by atoms with Crippen molar-refractivity contribution in [3.8, 4) is 5.69 Å². The van der Waals surface area contributed by atoms with Gasteiger partial charge in [-0.1, -0.05) is 54.1 Å². The van der Waals surface area contributed by atoms with Crippen molar-refractivity contribution in [2.75, 3.05) is 0 Å². The van der Waals surface area contributed by atoms with Gasteiger partial charge in [-0.15, -0.1) is 0 Å². The van der Waals surface area contributed by atoms with Gasteiger partial charge < -0.3 is 17.9 Å². The predicted octanol–water partition coefficient (Wildman–Crippen LogP) is 3.92. The summed E-state index contributed by atoms with van der Waals surface area (Å²) in [6.45, 7) is 4.02. The summed E-state index contributed by atoms with van der Waals surface area (Å²) in [5.74, 6) is -0.187. The standard InChI is InChI=1S/C23H21N3OS/c1-16-11-13-19(14-12-16)26-20-10-6-7-15-25(20)21(23(26)28)22(27)24-17(2)18-8-4-3-5-9-18/h3-15,17H,1-2H3,(H-,24,27,28). The van der Waals surface area contributed by atoms with Gasteiger partial charge in [0.1, 0.15) is 5.69 Å². The molecule has 0 aliphatic carbocycles. The summed E-state index contributed by atoms with van der Waals surface area (Å²) in [7, 11) is 0. The number of carbonyl (C=O) groups is 1. The second-order valence-corrected chi connectivity index (χ2v) is 7.25. The molecule has 1 amide bonds. The molecule has 140 valence electrons. The Labute approximate surface area is 169 Å². The number of hydrogen-bond donors (Lipinski definition) is 1. The van der Waals surface area contributed by atoms with E-state index in [1.54, 1.807) is 0 Å². The lowest BCUT2D eigenvalue weighted by Crippen LogP contribution is -2.36. The summed E-state index contributed by atoms with van der Waals surface area (Å²) in [6.07, 6.45) is 1.87. The van der Waals surface area contributed by atoms with Crippen LogP contribution in [0.5, 0.6) is 0 Å². The van der Waals surface area contributed by atoms with E-state index < -0.39 is 0 Å². The average molecular weight is 388 g/mol. The van der Waals surface area contributed by atoms with E-state index in [0.717, 1.165) is 16.9 Å². The number of pyridine rings is 1. The van der Waals surface area contributed by atoms with E-state index in [4.69, 9.17) is 12.6 Å². The average Bonchev–Trinajstić information content (AvgIpc) is 3.01. The van der Waals surface area contributed by atoms with Crippen LogP contribution in [0.1, 0.15) is 34.6 Å². The molecule has 4 rings (SSSR count). The fourth-order valence-corrected chi connectivity index (χ4v) is 3.75. The Bertz CT molecular complexity index is 1130. The van der Waals surface area contributed by atoms with E-state index in [9.17, 15) is 4.79 Å².